The summed E-state index contributed by atoms with van der Waals surface area (Å²) in [5.41, 5.74) is -0.819. The van der Waals surface area contributed by atoms with Crippen LogP contribution in [0.1, 0.15) is 22.5 Å². The van der Waals surface area contributed by atoms with E-state index in [2.05, 4.69) is 21.0 Å². The van der Waals surface area contributed by atoms with E-state index in [-0.39, 0.29) is 11.4 Å². The number of halogens is 3. The number of benzene rings is 1. The molecule has 0 atom stereocenters. The van der Waals surface area contributed by atoms with Crippen molar-refractivity contribution in [1.82, 2.24) is 9.78 Å². The van der Waals surface area contributed by atoms with E-state index >= 15 is 0 Å². The summed E-state index contributed by atoms with van der Waals surface area (Å²) < 4.78 is 32.8. The number of hydrogen-bond acceptors (Lipinski definition) is 3. The molecule has 0 saturated heterocycles. The third-order valence-electron chi connectivity index (χ3n) is 2.39. The van der Waals surface area contributed by atoms with Gasteiger partial charge in [-0.1, -0.05) is 22.0 Å². The summed E-state index contributed by atoms with van der Waals surface area (Å²) in [4.78, 5) is 10.9. The summed E-state index contributed by atoms with van der Waals surface area (Å²) in [5, 5.41) is 3.60. The molecule has 1 aromatic heterocycles. The van der Waals surface area contributed by atoms with E-state index in [9.17, 15) is 13.6 Å². The van der Waals surface area contributed by atoms with Crippen LogP contribution in [0.15, 0.2) is 28.7 Å². The molecule has 0 radical (unpaired) electrons. The van der Waals surface area contributed by atoms with E-state index in [0.29, 0.717) is 12.0 Å². The summed E-state index contributed by atoms with van der Waals surface area (Å²) in [6.07, 6.45) is -2.51. The summed E-state index contributed by atoms with van der Waals surface area (Å²) >= 11 is 3.27. The van der Waals surface area contributed by atoms with E-state index < -0.39 is 12.1 Å². The molecular weight excluding hydrogens is 322 g/mol. The highest BCUT2D eigenvalue weighted by atomic mass is 79.9. The molecule has 1 heterocycles. The zero-order valence-electron chi connectivity index (χ0n) is 9.81. The number of ether oxygens (including phenoxy) is 1. The van der Waals surface area contributed by atoms with Gasteiger partial charge >= 0.3 is 0 Å². The maximum Gasteiger partial charge on any atom is 0.283 e. The number of alkyl halides is 2. The van der Waals surface area contributed by atoms with Gasteiger partial charge in [0.2, 0.25) is 5.88 Å². The van der Waals surface area contributed by atoms with Crippen LogP contribution in [0.25, 0.3) is 0 Å². The SMILES string of the molecule is Cn1nc(C(F)F)c(C=O)c1Oc1cccc(Br)c1. The molecule has 0 amide bonds. The van der Waals surface area contributed by atoms with Gasteiger partial charge in [-0.05, 0) is 18.2 Å². The zero-order chi connectivity index (χ0) is 14.0. The molecule has 2 rings (SSSR count). The van der Waals surface area contributed by atoms with Gasteiger partial charge in [-0.3, -0.25) is 4.79 Å². The number of aromatic nitrogens is 2. The molecule has 0 aliphatic rings. The van der Waals surface area contributed by atoms with Crippen molar-refractivity contribution < 1.29 is 18.3 Å². The summed E-state index contributed by atoms with van der Waals surface area (Å²) in [5.74, 6) is 0.407. The maximum atomic E-state index is 12.7. The Morgan fingerprint density at radius 1 is 1.47 bits per heavy atom. The fourth-order valence-corrected chi connectivity index (χ4v) is 1.96. The summed E-state index contributed by atoms with van der Waals surface area (Å²) in [6, 6.07) is 6.82. The number of carbonyl (C=O) groups is 1. The predicted molar refractivity (Wildman–Crippen MR) is 67.8 cm³/mol. The van der Waals surface area contributed by atoms with E-state index in [1.807, 2.05) is 0 Å². The molecule has 0 aliphatic heterocycles. The molecule has 0 bridgehead atoms. The molecule has 19 heavy (non-hydrogen) atoms. The molecule has 0 N–H and O–H groups in total. The third-order valence-corrected chi connectivity index (χ3v) is 2.89. The van der Waals surface area contributed by atoms with Gasteiger partial charge in [0, 0.05) is 11.5 Å². The molecule has 100 valence electrons. The van der Waals surface area contributed by atoms with Gasteiger partial charge in [-0.2, -0.15) is 5.10 Å². The van der Waals surface area contributed by atoms with Crippen LogP contribution >= 0.6 is 15.9 Å². The van der Waals surface area contributed by atoms with Crippen LogP contribution in [0.5, 0.6) is 11.6 Å². The van der Waals surface area contributed by atoms with E-state index in [1.165, 1.54) is 7.05 Å². The lowest BCUT2D eigenvalue weighted by molar-refractivity contribution is 0.110. The van der Waals surface area contributed by atoms with Gasteiger partial charge in [-0.15, -0.1) is 0 Å². The van der Waals surface area contributed by atoms with Gasteiger partial charge in [0.15, 0.2) is 6.29 Å². The first-order valence-electron chi connectivity index (χ1n) is 5.26. The standard InChI is InChI=1S/C12H9BrF2N2O2/c1-17-12(9(6-18)10(16-17)11(14)15)19-8-4-2-3-7(13)5-8/h2-6,11H,1H3. The zero-order valence-corrected chi connectivity index (χ0v) is 11.4. The first-order valence-corrected chi connectivity index (χ1v) is 6.06. The Bertz CT molecular complexity index is 614. The number of hydrogen-bond donors (Lipinski definition) is 0. The van der Waals surface area contributed by atoms with Gasteiger partial charge in [0.25, 0.3) is 6.43 Å². The van der Waals surface area contributed by atoms with Crippen LogP contribution in [0.2, 0.25) is 0 Å². The van der Waals surface area contributed by atoms with Gasteiger partial charge in [0.05, 0.1) is 0 Å². The number of carbonyl (C=O) groups excluding carboxylic acids is 1. The normalized spacial score (nSPS) is 10.8. The summed E-state index contributed by atoms with van der Waals surface area (Å²) in [6.45, 7) is 0. The van der Waals surface area contributed by atoms with Crippen molar-refractivity contribution in [3.8, 4) is 11.6 Å². The fraction of sp³-hybridized carbons (Fsp3) is 0.167. The Balaban J connectivity index is 2.42. The van der Waals surface area contributed by atoms with Crippen molar-refractivity contribution in [3.63, 3.8) is 0 Å². The second-order valence-electron chi connectivity index (χ2n) is 3.71. The van der Waals surface area contributed by atoms with Crippen LogP contribution in [0.4, 0.5) is 8.78 Å². The highest BCUT2D eigenvalue weighted by Crippen LogP contribution is 2.31. The van der Waals surface area contributed by atoms with Gasteiger partial charge < -0.3 is 4.74 Å². The molecule has 0 unspecified atom stereocenters. The average Bonchev–Trinajstić information content (AvgIpc) is 2.67. The minimum Gasteiger partial charge on any atom is -0.438 e. The highest BCUT2D eigenvalue weighted by Gasteiger charge is 2.24. The second kappa shape index (κ2) is 5.48. The lowest BCUT2D eigenvalue weighted by atomic mass is 10.2. The molecule has 2 aromatic rings. The monoisotopic (exact) mass is 330 g/mol. The van der Waals surface area contributed by atoms with Crippen molar-refractivity contribution in [2.45, 2.75) is 6.43 Å². The fourth-order valence-electron chi connectivity index (χ4n) is 1.58. The van der Waals surface area contributed by atoms with Gasteiger partial charge in [-0.25, -0.2) is 13.5 Å². The van der Waals surface area contributed by atoms with Crippen LogP contribution in [0, 0.1) is 0 Å². The third kappa shape index (κ3) is 2.81. The topological polar surface area (TPSA) is 44.1 Å². The summed E-state index contributed by atoms with van der Waals surface area (Å²) in [7, 11) is 1.44. The van der Waals surface area contributed by atoms with Crippen LogP contribution < -0.4 is 4.74 Å². The minimum atomic E-state index is -2.83. The lowest BCUT2D eigenvalue weighted by Crippen LogP contribution is -1.96. The van der Waals surface area contributed by atoms with E-state index in [4.69, 9.17) is 4.74 Å². The quantitative estimate of drug-likeness (QED) is 0.802. The Kier molecular flexibility index (Phi) is 3.94. The van der Waals surface area contributed by atoms with E-state index in [1.54, 1.807) is 24.3 Å². The maximum absolute atomic E-state index is 12.7. The number of aryl methyl sites for hydroxylation is 1. The Morgan fingerprint density at radius 3 is 2.79 bits per heavy atom. The molecule has 0 fully saturated rings. The van der Waals surface area contributed by atoms with Crippen molar-refractivity contribution in [1.29, 1.82) is 0 Å². The molecule has 0 saturated carbocycles. The van der Waals surface area contributed by atoms with Crippen LogP contribution in [-0.2, 0) is 7.05 Å². The largest absolute Gasteiger partial charge is 0.438 e. The molecular formula is C12H9BrF2N2O2. The predicted octanol–water partition coefficient (Wildman–Crippen LogP) is 3.73. The van der Waals surface area contributed by atoms with Crippen molar-refractivity contribution >= 4 is 22.2 Å². The first-order chi connectivity index (χ1) is 9.02. The molecule has 0 spiro atoms. The Morgan fingerprint density at radius 2 is 2.21 bits per heavy atom. The lowest BCUT2D eigenvalue weighted by Gasteiger charge is -2.06. The smallest absolute Gasteiger partial charge is 0.283 e. The minimum absolute atomic E-state index is 0.0107. The van der Waals surface area contributed by atoms with E-state index in [0.717, 1.165) is 9.15 Å². The molecule has 0 aliphatic carbocycles. The average molecular weight is 331 g/mol. The van der Waals surface area contributed by atoms with Gasteiger partial charge in [0.1, 0.15) is 17.0 Å². The second-order valence-corrected chi connectivity index (χ2v) is 4.62. The molecule has 4 nitrogen and oxygen atoms in total. The van der Waals surface area contributed by atoms with Crippen molar-refractivity contribution in [2.24, 2.45) is 7.05 Å². The number of nitrogens with zero attached hydrogens (tertiary/aromatic N) is 2. The van der Waals surface area contributed by atoms with Crippen LogP contribution in [-0.4, -0.2) is 16.1 Å². The molecule has 7 heteroatoms. The highest BCUT2D eigenvalue weighted by molar-refractivity contribution is 9.10. The molecule has 1 aromatic carbocycles. The van der Waals surface area contributed by atoms with Crippen molar-refractivity contribution in [3.05, 3.63) is 40.0 Å². The Hall–Kier alpha value is -1.76. The Labute approximate surface area is 116 Å². The first kappa shape index (κ1) is 13.7. The van der Waals surface area contributed by atoms with Crippen molar-refractivity contribution in [2.75, 3.05) is 0 Å². The number of aldehydes is 1. The van der Waals surface area contributed by atoms with Crippen LogP contribution in [0.3, 0.4) is 0 Å². The number of rotatable bonds is 4.